The van der Waals surface area contributed by atoms with Gasteiger partial charge in [-0.25, -0.2) is 0 Å². The highest BCUT2D eigenvalue weighted by Crippen LogP contribution is 2.37. The molecule has 3 rings (SSSR count). The van der Waals surface area contributed by atoms with E-state index in [0.717, 1.165) is 51.6 Å². The van der Waals surface area contributed by atoms with E-state index < -0.39 is 0 Å². The van der Waals surface area contributed by atoms with Crippen LogP contribution in [0.1, 0.15) is 22.3 Å². The van der Waals surface area contributed by atoms with Crippen LogP contribution in [-0.2, 0) is 19.6 Å². The summed E-state index contributed by atoms with van der Waals surface area (Å²) >= 11 is 9.56. The van der Waals surface area contributed by atoms with Gasteiger partial charge in [-0.2, -0.15) is 0 Å². The molecule has 0 bridgehead atoms. The first kappa shape index (κ1) is 24.5. The van der Waals surface area contributed by atoms with Crippen molar-refractivity contribution >= 4 is 39.9 Å². The van der Waals surface area contributed by atoms with Crippen molar-refractivity contribution in [2.75, 3.05) is 13.7 Å². The summed E-state index contributed by atoms with van der Waals surface area (Å²) in [5.74, 6) is 1.44. The van der Waals surface area contributed by atoms with Gasteiger partial charge in [0.15, 0.2) is 11.5 Å². The van der Waals surface area contributed by atoms with Gasteiger partial charge in [-0.1, -0.05) is 53.6 Å². The second-order valence-corrected chi connectivity index (χ2v) is 8.23. The molecule has 0 aliphatic rings. The Morgan fingerprint density at radius 2 is 1.60 bits per heavy atom. The van der Waals surface area contributed by atoms with E-state index >= 15 is 0 Å². The number of rotatable bonds is 9. The quantitative estimate of drug-likeness (QED) is 0.323. The number of halogens is 3. The molecule has 0 aliphatic heterocycles. The lowest BCUT2D eigenvalue weighted by Crippen LogP contribution is -2.16. The maximum atomic E-state index is 6.03. The Hall–Kier alpha value is -1.72. The summed E-state index contributed by atoms with van der Waals surface area (Å²) in [5.41, 5.74) is 4.76. The van der Waals surface area contributed by atoms with Crippen molar-refractivity contribution < 1.29 is 9.47 Å². The molecule has 0 heterocycles. The summed E-state index contributed by atoms with van der Waals surface area (Å²) in [6, 6.07) is 20.4. The van der Waals surface area contributed by atoms with Crippen molar-refractivity contribution in [3.63, 3.8) is 0 Å². The van der Waals surface area contributed by atoms with E-state index in [4.69, 9.17) is 21.1 Å². The summed E-state index contributed by atoms with van der Waals surface area (Å²) < 4.78 is 12.5. The third-order valence-corrected chi connectivity index (χ3v) is 5.47. The number of hydrogen-bond donors (Lipinski definition) is 1. The minimum Gasteiger partial charge on any atom is -0.493 e. The summed E-state index contributed by atoms with van der Waals surface area (Å²) in [6.07, 6.45) is 0.952. The Morgan fingerprint density at radius 3 is 2.27 bits per heavy atom. The highest BCUT2D eigenvalue weighted by molar-refractivity contribution is 9.10. The first-order valence-electron chi connectivity index (χ1n) is 9.55. The van der Waals surface area contributed by atoms with Crippen LogP contribution in [0.25, 0.3) is 0 Å². The Labute approximate surface area is 198 Å². The van der Waals surface area contributed by atoms with E-state index in [-0.39, 0.29) is 12.4 Å². The summed E-state index contributed by atoms with van der Waals surface area (Å²) in [5, 5.41) is 4.24. The lowest BCUT2D eigenvalue weighted by molar-refractivity contribution is 0.282. The average molecular weight is 511 g/mol. The van der Waals surface area contributed by atoms with Crippen molar-refractivity contribution in [2.45, 2.75) is 26.5 Å². The summed E-state index contributed by atoms with van der Waals surface area (Å²) in [4.78, 5) is 0. The Morgan fingerprint density at radius 1 is 0.933 bits per heavy atom. The molecule has 3 nitrogen and oxygen atoms in total. The smallest absolute Gasteiger partial charge is 0.175 e. The number of hydrogen-bond acceptors (Lipinski definition) is 3. The SMILES string of the molecule is COc1cc(CNCCc2ccc(Cl)cc2)cc(Br)c1OCc1ccc(C)cc1.Cl. The number of methoxy groups -OCH3 is 1. The number of aryl methyl sites for hydroxylation is 1. The van der Waals surface area contributed by atoms with E-state index in [9.17, 15) is 0 Å². The van der Waals surface area contributed by atoms with Crippen molar-refractivity contribution in [2.24, 2.45) is 0 Å². The Balaban J connectivity index is 0.00000320. The van der Waals surface area contributed by atoms with Gasteiger partial charge in [-0.05, 0) is 76.8 Å². The maximum Gasteiger partial charge on any atom is 0.175 e. The second kappa shape index (κ2) is 12.2. The molecule has 0 saturated carbocycles. The predicted octanol–water partition coefficient (Wildman–Crippen LogP) is 6.75. The van der Waals surface area contributed by atoms with E-state index in [2.05, 4.69) is 70.6 Å². The zero-order valence-corrected chi connectivity index (χ0v) is 20.2. The zero-order chi connectivity index (χ0) is 20.6. The van der Waals surface area contributed by atoms with Crippen molar-refractivity contribution in [3.8, 4) is 11.5 Å². The van der Waals surface area contributed by atoms with Crippen LogP contribution in [-0.4, -0.2) is 13.7 Å². The topological polar surface area (TPSA) is 30.5 Å². The molecule has 30 heavy (non-hydrogen) atoms. The molecule has 0 atom stereocenters. The first-order valence-corrected chi connectivity index (χ1v) is 10.7. The fourth-order valence-corrected chi connectivity index (χ4v) is 3.70. The van der Waals surface area contributed by atoms with Crippen molar-refractivity contribution in [1.29, 1.82) is 0 Å². The molecule has 3 aromatic rings. The van der Waals surface area contributed by atoms with Gasteiger partial charge in [0, 0.05) is 11.6 Å². The van der Waals surface area contributed by atoms with Crippen LogP contribution in [0.15, 0.2) is 65.1 Å². The van der Waals surface area contributed by atoms with Gasteiger partial charge in [0.2, 0.25) is 0 Å². The van der Waals surface area contributed by atoms with Crippen molar-refractivity contribution in [1.82, 2.24) is 5.32 Å². The van der Waals surface area contributed by atoms with Gasteiger partial charge < -0.3 is 14.8 Å². The molecular weight excluding hydrogens is 485 g/mol. The number of nitrogens with one attached hydrogen (secondary N) is 1. The van der Waals surface area contributed by atoms with Gasteiger partial charge in [0.25, 0.3) is 0 Å². The van der Waals surface area contributed by atoms with Gasteiger partial charge >= 0.3 is 0 Å². The third kappa shape index (κ3) is 7.21. The Bertz CT molecular complexity index is 931. The van der Waals surface area contributed by atoms with Crippen LogP contribution in [0.2, 0.25) is 5.02 Å². The normalized spacial score (nSPS) is 10.4. The third-order valence-electron chi connectivity index (χ3n) is 4.63. The molecular formula is C24H26BrCl2NO2. The van der Waals surface area contributed by atoms with Gasteiger partial charge in [-0.15, -0.1) is 12.4 Å². The molecule has 3 aromatic carbocycles. The average Bonchev–Trinajstić information content (AvgIpc) is 2.72. The predicted molar refractivity (Wildman–Crippen MR) is 130 cm³/mol. The fraction of sp³-hybridized carbons (Fsp3) is 0.250. The standard InChI is InChI=1S/C24H25BrClNO2.ClH/c1-17-3-5-19(6-4-17)16-29-24-22(25)13-20(14-23(24)28-2)15-27-12-11-18-7-9-21(26)10-8-18;/h3-10,13-14,27H,11-12,15-16H2,1-2H3;1H. The van der Waals surface area contributed by atoms with Gasteiger partial charge in [-0.3, -0.25) is 0 Å². The van der Waals surface area contributed by atoms with Crippen LogP contribution < -0.4 is 14.8 Å². The largest absolute Gasteiger partial charge is 0.493 e. The Kier molecular flexibility index (Phi) is 9.99. The lowest BCUT2D eigenvalue weighted by Gasteiger charge is -2.15. The molecule has 0 aromatic heterocycles. The molecule has 0 unspecified atom stereocenters. The maximum absolute atomic E-state index is 6.03. The first-order chi connectivity index (χ1) is 14.0. The number of benzene rings is 3. The van der Waals surface area contributed by atoms with E-state index in [1.165, 1.54) is 11.1 Å². The van der Waals surface area contributed by atoms with Crippen LogP contribution in [0.5, 0.6) is 11.5 Å². The van der Waals surface area contributed by atoms with E-state index in [1.54, 1.807) is 7.11 Å². The van der Waals surface area contributed by atoms with Crippen LogP contribution in [0.4, 0.5) is 0 Å². The minimum absolute atomic E-state index is 0. The molecule has 0 spiro atoms. The number of ether oxygens (including phenoxy) is 2. The van der Waals surface area contributed by atoms with Crippen molar-refractivity contribution in [3.05, 3.63) is 92.4 Å². The van der Waals surface area contributed by atoms with E-state index in [0.29, 0.717) is 6.61 Å². The second-order valence-electron chi connectivity index (χ2n) is 6.94. The molecule has 0 fully saturated rings. The summed E-state index contributed by atoms with van der Waals surface area (Å²) in [7, 11) is 1.66. The monoisotopic (exact) mass is 509 g/mol. The molecule has 160 valence electrons. The highest BCUT2D eigenvalue weighted by atomic mass is 79.9. The highest BCUT2D eigenvalue weighted by Gasteiger charge is 2.12. The molecule has 1 N–H and O–H groups in total. The molecule has 6 heteroatoms. The van der Waals surface area contributed by atoms with Crippen LogP contribution in [0, 0.1) is 6.92 Å². The zero-order valence-electron chi connectivity index (χ0n) is 17.1. The van der Waals surface area contributed by atoms with E-state index in [1.807, 2.05) is 18.2 Å². The molecule has 0 amide bonds. The van der Waals surface area contributed by atoms with Gasteiger partial charge in [0.1, 0.15) is 6.61 Å². The molecule has 0 saturated heterocycles. The summed E-state index contributed by atoms with van der Waals surface area (Å²) in [6.45, 7) is 4.20. The minimum atomic E-state index is 0. The fourth-order valence-electron chi connectivity index (χ4n) is 2.97. The lowest BCUT2D eigenvalue weighted by atomic mass is 10.1. The van der Waals surface area contributed by atoms with Gasteiger partial charge in [0.05, 0.1) is 11.6 Å². The molecule has 0 radical (unpaired) electrons. The van der Waals surface area contributed by atoms with Crippen LogP contribution in [0.3, 0.4) is 0 Å². The molecule has 0 aliphatic carbocycles. The van der Waals surface area contributed by atoms with Crippen LogP contribution >= 0.6 is 39.9 Å².